The number of nitrogens with one attached hydrogen (secondary N) is 1. The van der Waals surface area contributed by atoms with Crippen molar-refractivity contribution in [1.29, 1.82) is 0 Å². The van der Waals surface area contributed by atoms with Crippen molar-refractivity contribution in [2.75, 3.05) is 33.3 Å². The number of methoxy groups -OCH3 is 1. The van der Waals surface area contributed by atoms with E-state index in [0.717, 1.165) is 19.3 Å². The Balaban J connectivity index is 1.62. The van der Waals surface area contributed by atoms with Crippen LogP contribution in [0.15, 0.2) is 24.3 Å². The molecule has 0 aromatic heterocycles. The van der Waals surface area contributed by atoms with Gasteiger partial charge in [0.2, 0.25) is 11.8 Å². The smallest absolute Gasteiger partial charge is 0.251 e. The van der Waals surface area contributed by atoms with Gasteiger partial charge < -0.3 is 19.9 Å². The highest BCUT2D eigenvalue weighted by Gasteiger charge is 2.33. The number of hydrogen-bond acceptors (Lipinski definition) is 4. The molecule has 0 bridgehead atoms. The van der Waals surface area contributed by atoms with Crippen LogP contribution in [0.25, 0.3) is 0 Å². The molecule has 0 aliphatic carbocycles. The zero-order chi connectivity index (χ0) is 20.8. The van der Waals surface area contributed by atoms with Gasteiger partial charge in [0.15, 0.2) is 0 Å². The van der Waals surface area contributed by atoms with Crippen LogP contribution in [0.2, 0.25) is 0 Å². The van der Waals surface area contributed by atoms with E-state index in [-0.39, 0.29) is 29.7 Å². The summed E-state index contributed by atoms with van der Waals surface area (Å²) in [5.74, 6) is 0.598. The summed E-state index contributed by atoms with van der Waals surface area (Å²) in [6, 6.07) is 6.99. The lowest BCUT2D eigenvalue weighted by molar-refractivity contribution is -0.143. The molecule has 29 heavy (non-hydrogen) atoms. The number of amides is 3. The molecule has 2 aliphatic rings. The summed E-state index contributed by atoms with van der Waals surface area (Å²) < 4.78 is 5.20. The molecule has 3 rings (SSSR count). The van der Waals surface area contributed by atoms with E-state index in [2.05, 4.69) is 5.32 Å². The first-order valence-electron chi connectivity index (χ1n) is 10.5. The van der Waals surface area contributed by atoms with E-state index < -0.39 is 0 Å². The van der Waals surface area contributed by atoms with E-state index in [0.29, 0.717) is 50.3 Å². The average Bonchev–Trinajstić information content (AvgIpc) is 2.99. The Morgan fingerprint density at radius 2 is 2.03 bits per heavy atom. The number of carbonyl (C=O) groups excluding carboxylic acids is 3. The van der Waals surface area contributed by atoms with E-state index in [9.17, 15) is 14.4 Å². The standard InChI is InChI=1S/C22H31N3O4/c1-3-24-14-17(10-11-20(24)26)22(28)25-12-5-4-8-18(15-25)23-21(27)16-7-6-9-19(13-16)29-2/h6-7,9,13,17-18H,3-5,8,10-12,14-15H2,1-2H3,(H,23,27). The highest BCUT2D eigenvalue weighted by molar-refractivity contribution is 5.94. The minimum absolute atomic E-state index is 0.0762. The zero-order valence-electron chi connectivity index (χ0n) is 17.4. The maximum Gasteiger partial charge on any atom is 0.251 e. The minimum Gasteiger partial charge on any atom is -0.497 e. The third-order valence-electron chi connectivity index (χ3n) is 5.88. The van der Waals surface area contributed by atoms with Gasteiger partial charge in [0.25, 0.3) is 5.91 Å². The number of piperidine rings is 1. The van der Waals surface area contributed by atoms with Crippen LogP contribution in [0, 0.1) is 5.92 Å². The number of benzene rings is 1. The summed E-state index contributed by atoms with van der Waals surface area (Å²) in [7, 11) is 1.57. The molecule has 2 saturated heterocycles. The Bertz CT molecular complexity index is 751. The van der Waals surface area contributed by atoms with E-state index in [1.54, 1.807) is 36.3 Å². The van der Waals surface area contributed by atoms with Gasteiger partial charge in [-0.25, -0.2) is 0 Å². The van der Waals surface area contributed by atoms with E-state index in [1.165, 1.54) is 0 Å². The van der Waals surface area contributed by atoms with Crippen molar-refractivity contribution in [1.82, 2.24) is 15.1 Å². The Morgan fingerprint density at radius 3 is 2.79 bits per heavy atom. The van der Waals surface area contributed by atoms with Gasteiger partial charge in [0.05, 0.1) is 13.0 Å². The van der Waals surface area contributed by atoms with Gasteiger partial charge in [-0.15, -0.1) is 0 Å². The van der Waals surface area contributed by atoms with Crippen LogP contribution in [0.5, 0.6) is 5.75 Å². The molecule has 2 atom stereocenters. The number of nitrogens with zero attached hydrogens (tertiary/aromatic N) is 2. The molecule has 2 unspecified atom stereocenters. The Hall–Kier alpha value is -2.57. The van der Waals surface area contributed by atoms with Gasteiger partial charge in [-0.3, -0.25) is 14.4 Å². The van der Waals surface area contributed by atoms with Crippen LogP contribution in [0.1, 0.15) is 49.4 Å². The molecule has 1 aromatic carbocycles. The maximum atomic E-state index is 13.1. The quantitative estimate of drug-likeness (QED) is 0.819. The molecular formula is C22H31N3O4. The van der Waals surface area contributed by atoms with Crippen molar-refractivity contribution in [2.45, 2.75) is 45.1 Å². The monoisotopic (exact) mass is 401 g/mol. The second kappa shape index (κ2) is 9.76. The molecule has 0 radical (unpaired) electrons. The summed E-state index contributed by atoms with van der Waals surface area (Å²) in [5, 5.41) is 3.09. The van der Waals surface area contributed by atoms with Gasteiger partial charge in [0.1, 0.15) is 5.75 Å². The minimum atomic E-state index is -0.149. The van der Waals surface area contributed by atoms with Crippen LogP contribution in [-0.4, -0.2) is 66.9 Å². The molecule has 2 fully saturated rings. The highest BCUT2D eigenvalue weighted by atomic mass is 16.5. The Kier molecular flexibility index (Phi) is 7.12. The van der Waals surface area contributed by atoms with Crippen molar-refractivity contribution in [3.8, 4) is 5.75 Å². The van der Waals surface area contributed by atoms with Gasteiger partial charge >= 0.3 is 0 Å². The van der Waals surface area contributed by atoms with Gasteiger partial charge in [-0.05, 0) is 50.8 Å². The van der Waals surface area contributed by atoms with Gasteiger partial charge in [-0.1, -0.05) is 6.07 Å². The lowest BCUT2D eigenvalue weighted by Crippen LogP contribution is -2.50. The number of hydrogen-bond donors (Lipinski definition) is 1. The maximum absolute atomic E-state index is 13.1. The molecule has 3 amide bonds. The van der Waals surface area contributed by atoms with Crippen molar-refractivity contribution in [3.63, 3.8) is 0 Å². The first kappa shape index (κ1) is 21.1. The van der Waals surface area contributed by atoms with Crippen molar-refractivity contribution >= 4 is 17.7 Å². The summed E-state index contributed by atoms with van der Waals surface area (Å²) in [4.78, 5) is 41.4. The van der Waals surface area contributed by atoms with E-state index in [1.807, 2.05) is 11.8 Å². The van der Waals surface area contributed by atoms with E-state index >= 15 is 0 Å². The van der Waals surface area contributed by atoms with Gasteiger partial charge in [0, 0.05) is 44.2 Å². The molecule has 0 spiro atoms. The van der Waals surface area contributed by atoms with Crippen LogP contribution in [-0.2, 0) is 9.59 Å². The highest BCUT2D eigenvalue weighted by Crippen LogP contribution is 2.22. The fourth-order valence-corrected chi connectivity index (χ4v) is 4.17. The molecule has 158 valence electrons. The molecule has 2 heterocycles. The van der Waals surface area contributed by atoms with Crippen LogP contribution in [0.3, 0.4) is 0 Å². The molecule has 7 nitrogen and oxygen atoms in total. The number of likely N-dealkylation sites (tertiary alicyclic amines) is 2. The second-order valence-corrected chi connectivity index (χ2v) is 7.85. The van der Waals surface area contributed by atoms with Crippen LogP contribution < -0.4 is 10.1 Å². The fourth-order valence-electron chi connectivity index (χ4n) is 4.17. The summed E-state index contributed by atoms with van der Waals surface area (Å²) in [6.07, 6.45) is 3.81. The van der Waals surface area contributed by atoms with Gasteiger partial charge in [-0.2, -0.15) is 0 Å². The molecular weight excluding hydrogens is 370 g/mol. The first-order chi connectivity index (χ1) is 14.0. The molecule has 0 saturated carbocycles. The first-order valence-corrected chi connectivity index (χ1v) is 10.5. The largest absolute Gasteiger partial charge is 0.497 e. The van der Waals surface area contributed by atoms with Crippen molar-refractivity contribution in [3.05, 3.63) is 29.8 Å². The predicted octanol–water partition coefficient (Wildman–Crippen LogP) is 2.06. The van der Waals surface area contributed by atoms with Crippen LogP contribution >= 0.6 is 0 Å². The van der Waals surface area contributed by atoms with Crippen LogP contribution in [0.4, 0.5) is 0 Å². The SMILES string of the molecule is CCN1CC(C(=O)N2CCCCC(NC(=O)c3cccc(OC)c3)C2)CCC1=O. The third-order valence-corrected chi connectivity index (χ3v) is 5.88. The average molecular weight is 402 g/mol. The third kappa shape index (κ3) is 5.28. The normalized spacial score (nSPS) is 22.8. The fraction of sp³-hybridized carbons (Fsp3) is 0.591. The molecule has 2 aliphatic heterocycles. The van der Waals surface area contributed by atoms with Crippen molar-refractivity contribution < 1.29 is 19.1 Å². The number of ether oxygens (including phenoxy) is 1. The summed E-state index contributed by atoms with van der Waals surface area (Å²) >= 11 is 0. The Morgan fingerprint density at radius 1 is 1.21 bits per heavy atom. The molecule has 7 heteroatoms. The predicted molar refractivity (Wildman–Crippen MR) is 110 cm³/mol. The second-order valence-electron chi connectivity index (χ2n) is 7.85. The summed E-state index contributed by atoms with van der Waals surface area (Å²) in [6.45, 7) is 4.32. The lowest BCUT2D eigenvalue weighted by atomic mass is 9.95. The molecule has 1 aromatic rings. The topological polar surface area (TPSA) is 79.0 Å². The zero-order valence-corrected chi connectivity index (χ0v) is 17.4. The number of carbonyl (C=O) groups is 3. The van der Waals surface area contributed by atoms with E-state index in [4.69, 9.17) is 4.74 Å². The Labute approximate surface area is 172 Å². The molecule has 1 N–H and O–H groups in total. The van der Waals surface area contributed by atoms with Crippen molar-refractivity contribution in [2.24, 2.45) is 5.92 Å². The number of rotatable bonds is 5. The lowest BCUT2D eigenvalue weighted by Gasteiger charge is -2.35. The summed E-state index contributed by atoms with van der Waals surface area (Å²) in [5.41, 5.74) is 0.552.